The molecule has 0 saturated carbocycles. The molecule has 1 amide bonds. The van der Waals surface area contributed by atoms with Crippen LogP contribution in [0.15, 0.2) is 42.5 Å². The number of nitrogens with one attached hydrogen (secondary N) is 1. The van der Waals surface area contributed by atoms with Crippen molar-refractivity contribution in [3.8, 4) is 23.0 Å². The van der Waals surface area contributed by atoms with Crippen LogP contribution in [0.1, 0.15) is 11.1 Å². The highest BCUT2D eigenvalue weighted by Gasteiger charge is 2.04. The van der Waals surface area contributed by atoms with Crippen molar-refractivity contribution < 1.29 is 24.5 Å². The minimum absolute atomic E-state index is 0.0495. The molecule has 6 nitrogen and oxygen atoms in total. The Bertz CT molecular complexity index is 770. The molecular weight excluding hydrogens is 322 g/mol. The van der Waals surface area contributed by atoms with Gasteiger partial charge in [-0.05, 0) is 47.9 Å². The van der Waals surface area contributed by atoms with Crippen molar-refractivity contribution in [2.24, 2.45) is 0 Å². The largest absolute Gasteiger partial charge is 0.504 e. The van der Waals surface area contributed by atoms with Crippen LogP contribution in [0, 0.1) is 0 Å². The second-order valence-corrected chi connectivity index (χ2v) is 5.31. The smallest absolute Gasteiger partial charge is 0.244 e. The lowest BCUT2D eigenvalue weighted by molar-refractivity contribution is -0.116. The minimum Gasteiger partial charge on any atom is -0.504 e. The lowest BCUT2D eigenvalue weighted by Crippen LogP contribution is -2.23. The Morgan fingerprint density at radius 1 is 1.04 bits per heavy atom. The fourth-order valence-electron chi connectivity index (χ4n) is 2.24. The van der Waals surface area contributed by atoms with E-state index in [1.54, 1.807) is 36.4 Å². The van der Waals surface area contributed by atoms with Crippen LogP contribution in [0.25, 0.3) is 6.08 Å². The van der Waals surface area contributed by atoms with Crippen molar-refractivity contribution in [3.63, 3.8) is 0 Å². The van der Waals surface area contributed by atoms with E-state index in [4.69, 9.17) is 9.47 Å². The third-order valence-electron chi connectivity index (χ3n) is 3.59. The second-order valence-electron chi connectivity index (χ2n) is 5.31. The van der Waals surface area contributed by atoms with Gasteiger partial charge in [0.2, 0.25) is 5.91 Å². The molecule has 6 heteroatoms. The SMILES string of the molecule is COc1cc(C=CC(=O)NCCc2ccc(O)c(OC)c2)ccc1O. The molecule has 25 heavy (non-hydrogen) atoms. The van der Waals surface area contributed by atoms with E-state index in [2.05, 4.69) is 5.32 Å². The van der Waals surface area contributed by atoms with Crippen LogP contribution < -0.4 is 14.8 Å². The van der Waals surface area contributed by atoms with Gasteiger partial charge in [0.05, 0.1) is 14.2 Å². The summed E-state index contributed by atoms with van der Waals surface area (Å²) in [5.74, 6) is 0.669. The number of methoxy groups -OCH3 is 2. The normalized spacial score (nSPS) is 10.6. The summed E-state index contributed by atoms with van der Waals surface area (Å²) in [6.45, 7) is 0.454. The molecule has 0 aromatic heterocycles. The molecule has 0 radical (unpaired) electrons. The molecule has 0 atom stereocenters. The number of hydrogen-bond acceptors (Lipinski definition) is 5. The van der Waals surface area contributed by atoms with Gasteiger partial charge in [-0.1, -0.05) is 12.1 Å². The molecule has 0 unspecified atom stereocenters. The maximum absolute atomic E-state index is 11.9. The Morgan fingerprint density at radius 2 is 1.68 bits per heavy atom. The van der Waals surface area contributed by atoms with Crippen LogP contribution in [-0.2, 0) is 11.2 Å². The third-order valence-corrected chi connectivity index (χ3v) is 3.59. The molecule has 0 spiro atoms. The van der Waals surface area contributed by atoms with Gasteiger partial charge in [0.25, 0.3) is 0 Å². The van der Waals surface area contributed by atoms with Crippen LogP contribution >= 0.6 is 0 Å². The van der Waals surface area contributed by atoms with E-state index >= 15 is 0 Å². The van der Waals surface area contributed by atoms with E-state index in [0.717, 1.165) is 11.1 Å². The highest BCUT2D eigenvalue weighted by Crippen LogP contribution is 2.27. The maximum atomic E-state index is 11.9. The molecule has 0 saturated heterocycles. The molecule has 0 fully saturated rings. The molecule has 2 rings (SSSR count). The van der Waals surface area contributed by atoms with Gasteiger partial charge in [0.15, 0.2) is 23.0 Å². The first-order valence-electron chi connectivity index (χ1n) is 7.72. The maximum Gasteiger partial charge on any atom is 0.244 e. The molecule has 132 valence electrons. The number of rotatable bonds is 7. The molecule has 0 aliphatic carbocycles. The average Bonchev–Trinajstić information content (AvgIpc) is 2.62. The average molecular weight is 343 g/mol. The monoisotopic (exact) mass is 343 g/mol. The summed E-state index contributed by atoms with van der Waals surface area (Å²) in [4.78, 5) is 11.9. The molecule has 0 heterocycles. The predicted molar refractivity (Wildman–Crippen MR) is 95.1 cm³/mol. The second kappa shape index (κ2) is 8.63. The number of carbonyl (C=O) groups excluding carboxylic acids is 1. The summed E-state index contributed by atoms with van der Waals surface area (Å²) in [6.07, 6.45) is 3.67. The van der Waals surface area contributed by atoms with Crippen molar-refractivity contribution in [1.82, 2.24) is 5.32 Å². The van der Waals surface area contributed by atoms with Crippen molar-refractivity contribution in [2.45, 2.75) is 6.42 Å². The standard InChI is InChI=1S/C19H21NO5/c1-24-17-11-13(3-6-15(17)21)5-8-19(23)20-10-9-14-4-7-16(22)18(12-14)25-2/h3-8,11-12,21-22H,9-10H2,1-2H3,(H,20,23). The molecule has 0 aliphatic heterocycles. The zero-order valence-corrected chi connectivity index (χ0v) is 14.2. The lowest BCUT2D eigenvalue weighted by atomic mass is 10.1. The number of phenols is 2. The molecule has 3 N–H and O–H groups in total. The Morgan fingerprint density at radius 3 is 2.36 bits per heavy atom. The fraction of sp³-hybridized carbons (Fsp3) is 0.211. The van der Waals surface area contributed by atoms with Gasteiger partial charge in [0.1, 0.15) is 0 Å². The van der Waals surface area contributed by atoms with Crippen molar-refractivity contribution in [2.75, 3.05) is 20.8 Å². The Kier molecular flexibility index (Phi) is 6.28. The Labute approximate surface area is 146 Å². The van der Waals surface area contributed by atoms with Crippen molar-refractivity contribution in [1.29, 1.82) is 0 Å². The van der Waals surface area contributed by atoms with E-state index in [0.29, 0.717) is 24.5 Å². The first-order valence-corrected chi connectivity index (χ1v) is 7.72. The summed E-state index contributed by atoms with van der Waals surface area (Å²) in [5.41, 5.74) is 1.69. The number of phenolic OH excluding ortho intramolecular Hbond substituents is 2. The van der Waals surface area contributed by atoms with Gasteiger partial charge in [-0.3, -0.25) is 4.79 Å². The number of amides is 1. The quantitative estimate of drug-likeness (QED) is 0.672. The first-order chi connectivity index (χ1) is 12.0. The molecule has 2 aromatic carbocycles. The number of carbonyl (C=O) groups is 1. The van der Waals surface area contributed by atoms with Gasteiger partial charge in [-0.2, -0.15) is 0 Å². The first kappa shape index (κ1) is 18.2. The summed E-state index contributed by atoms with van der Waals surface area (Å²) >= 11 is 0. The third kappa shape index (κ3) is 5.17. The Hall–Kier alpha value is -3.15. The summed E-state index contributed by atoms with van der Waals surface area (Å²) in [7, 11) is 2.96. The highest BCUT2D eigenvalue weighted by atomic mass is 16.5. The molecule has 2 aromatic rings. The van der Waals surface area contributed by atoms with E-state index in [9.17, 15) is 15.0 Å². The fourth-order valence-corrected chi connectivity index (χ4v) is 2.24. The van der Waals surface area contributed by atoms with Crippen LogP contribution in [0.3, 0.4) is 0 Å². The van der Waals surface area contributed by atoms with Crippen LogP contribution in [0.2, 0.25) is 0 Å². The summed E-state index contributed by atoms with van der Waals surface area (Å²) in [6, 6.07) is 9.91. The van der Waals surface area contributed by atoms with E-state index in [1.165, 1.54) is 26.4 Å². The number of hydrogen-bond donors (Lipinski definition) is 3. The van der Waals surface area contributed by atoms with Gasteiger partial charge < -0.3 is 25.0 Å². The van der Waals surface area contributed by atoms with Gasteiger partial charge in [0, 0.05) is 12.6 Å². The van der Waals surface area contributed by atoms with E-state index < -0.39 is 0 Å². The summed E-state index contributed by atoms with van der Waals surface area (Å²) < 4.78 is 10.1. The van der Waals surface area contributed by atoms with Gasteiger partial charge in [-0.25, -0.2) is 0 Å². The van der Waals surface area contributed by atoms with Crippen LogP contribution in [-0.4, -0.2) is 36.9 Å². The van der Waals surface area contributed by atoms with Crippen molar-refractivity contribution >= 4 is 12.0 Å². The van der Waals surface area contributed by atoms with Crippen LogP contribution in [0.5, 0.6) is 23.0 Å². The van der Waals surface area contributed by atoms with Crippen LogP contribution in [0.4, 0.5) is 0 Å². The summed E-state index contributed by atoms with van der Waals surface area (Å²) in [5, 5.41) is 21.9. The van der Waals surface area contributed by atoms with E-state index in [1.807, 2.05) is 0 Å². The van der Waals surface area contributed by atoms with Crippen molar-refractivity contribution in [3.05, 3.63) is 53.6 Å². The zero-order valence-electron chi connectivity index (χ0n) is 14.2. The molecule has 0 aliphatic rings. The number of ether oxygens (including phenoxy) is 2. The zero-order chi connectivity index (χ0) is 18.2. The topological polar surface area (TPSA) is 88.0 Å². The van der Waals surface area contributed by atoms with E-state index in [-0.39, 0.29) is 17.4 Å². The molecular formula is C19H21NO5. The predicted octanol–water partition coefficient (Wildman–Crippen LogP) is 2.49. The number of benzene rings is 2. The lowest BCUT2D eigenvalue weighted by Gasteiger charge is -2.07. The van der Waals surface area contributed by atoms with Gasteiger partial charge in [-0.15, -0.1) is 0 Å². The Balaban J connectivity index is 1.86. The molecule has 0 bridgehead atoms. The minimum atomic E-state index is -0.224. The van der Waals surface area contributed by atoms with Gasteiger partial charge >= 0.3 is 0 Å². The number of aromatic hydroxyl groups is 2. The highest BCUT2D eigenvalue weighted by molar-refractivity contribution is 5.91.